The third-order valence-electron chi connectivity index (χ3n) is 2.87. The van der Waals surface area contributed by atoms with Gasteiger partial charge in [-0.25, -0.2) is 4.79 Å². The van der Waals surface area contributed by atoms with Gasteiger partial charge in [0.25, 0.3) is 5.91 Å². The maximum Gasteiger partial charge on any atom is 0.338 e. The molecule has 0 fully saturated rings. The van der Waals surface area contributed by atoms with Crippen LogP contribution in [0.3, 0.4) is 0 Å². The zero-order valence-electron chi connectivity index (χ0n) is 12.4. The van der Waals surface area contributed by atoms with E-state index in [2.05, 4.69) is 0 Å². The minimum absolute atomic E-state index is 0.0673. The maximum absolute atomic E-state index is 12.0. The highest BCUT2D eigenvalue weighted by Crippen LogP contribution is 2.09. The summed E-state index contributed by atoms with van der Waals surface area (Å²) in [7, 11) is 0. The molecule has 0 bridgehead atoms. The Kier molecular flexibility index (Phi) is 5.55. The van der Waals surface area contributed by atoms with Crippen LogP contribution in [0, 0.1) is 0 Å². The summed E-state index contributed by atoms with van der Waals surface area (Å²) in [4.78, 5) is 25.5. The van der Waals surface area contributed by atoms with Crippen LogP contribution in [0.25, 0.3) is 0 Å². The molecule has 2 N–H and O–H groups in total. The largest absolute Gasteiger partial charge is 0.452 e. The number of benzene rings is 1. The van der Waals surface area contributed by atoms with E-state index >= 15 is 0 Å². The molecular formula is C15H22N2O3. The third kappa shape index (κ3) is 4.26. The van der Waals surface area contributed by atoms with Crippen molar-refractivity contribution in [2.45, 2.75) is 39.8 Å². The topological polar surface area (TPSA) is 72.6 Å². The lowest BCUT2D eigenvalue weighted by Gasteiger charge is -2.30. The molecule has 5 nitrogen and oxygen atoms in total. The van der Waals surface area contributed by atoms with Crippen molar-refractivity contribution >= 4 is 17.6 Å². The van der Waals surface area contributed by atoms with Gasteiger partial charge in [-0.1, -0.05) is 0 Å². The molecule has 20 heavy (non-hydrogen) atoms. The van der Waals surface area contributed by atoms with Gasteiger partial charge >= 0.3 is 5.97 Å². The summed E-state index contributed by atoms with van der Waals surface area (Å²) >= 11 is 0. The normalized spacial score (nSPS) is 10.7. The molecule has 1 rings (SSSR count). The number of rotatable bonds is 5. The molecule has 5 heteroatoms. The van der Waals surface area contributed by atoms with Crippen molar-refractivity contribution < 1.29 is 14.3 Å². The van der Waals surface area contributed by atoms with Crippen LogP contribution in [0.1, 0.15) is 38.1 Å². The van der Waals surface area contributed by atoms with Crippen LogP contribution >= 0.6 is 0 Å². The molecule has 0 spiro atoms. The molecule has 0 atom stereocenters. The summed E-state index contributed by atoms with van der Waals surface area (Å²) in [5.74, 6) is -0.718. The quantitative estimate of drug-likeness (QED) is 0.661. The van der Waals surface area contributed by atoms with Crippen molar-refractivity contribution in [1.82, 2.24) is 4.90 Å². The first-order chi connectivity index (χ1) is 9.32. The Morgan fingerprint density at radius 2 is 1.60 bits per heavy atom. The fraction of sp³-hybridized carbons (Fsp3) is 0.467. The van der Waals surface area contributed by atoms with Crippen molar-refractivity contribution in [2.24, 2.45) is 0 Å². The molecule has 0 saturated carbocycles. The molecule has 0 aliphatic heterocycles. The highest BCUT2D eigenvalue weighted by atomic mass is 16.5. The Morgan fingerprint density at radius 1 is 1.10 bits per heavy atom. The second-order valence-electron chi connectivity index (χ2n) is 5.19. The first kappa shape index (κ1) is 16.0. The van der Waals surface area contributed by atoms with E-state index in [0.29, 0.717) is 11.3 Å². The van der Waals surface area contributed by atoms with Gasteiger partial charge < -0.3 is 15.4 Å². The van der Waals surface area contributed by atoms with Crippen LogP contribution in [0.4, 0.5) is 5.69 Å². The first-order valence-electron chi connectivity index (χ1n) is 6.66. The van der Waals surface area contributed by atoms with Gasteiger partial charge in [0.1, 0.15) is 0 Å². The zero-order valence-corrected chi connectivity index (χ0v) is 12.4. The molecule has 1 aromatic rings. The lowest BCUT2D eigenvalue weighted by molar-refractivity contribution is -0.138. The monoisotopic (exact) mass is 278 g/mol. The SMILES string of the molecule is CC(C)N(C(=O)COC(=O)c1ccc(N)cc1)C(C)C. The number of ether oxygens (including phenoxy) is 1. The van der Waals surface area contributed by atoms with Crippen LogP contribution in [0.5, 0.6) is 0 Å². The van der Waals surface area contributed by atoms with E-state index in [1.54, 1.807) is 29.2 Å². The summed E-state index contributed by atoms with van der Waals surface area (Å²) in [6.45, 7) is 7.47. The summed E-state index contributed by atoms with van der Waals surface area (Å²) in [5, 5.41) is 0. The Hall–Kier alpha value is -2.04. The fourth-order valence-corrected chi connectivity index (χ4v) is 2.08. The van der Waals surface area contributed by atoms with Crippen molar-refractivity contribution in [1.29, 1.82) is 0 Å². The number of hydrogen-bond acceptors (Lipinski definition) is 4. The summed E-state index contributed by atoms with van der Waals surface area (Å²) in [6, 6.07) is 6.52. The standard InChI is InChI=1S/C15H22N2O3/c1-10(2)17(11(3)4)14(18)9-20-15(19)12-5-7-13(16)8-6-12/h5-8,10-11H,9,16H2,1-4H3. The third-order valence-corrected chi connectivity index (χ3v) is 2.87. The molecule has 0 aromatic heterocycles. The van der Waals surface area contributed by atoms with E-state index in [0.717, 1.165) is 0 Å². The van der Waals surface area contributed by atoms with E-state index in [1.165, 1.54) is 0 Å². The van der Waals surface area contributed by atoms with E-state index in [-0.39, 0.29) is 24.6 Å². The number of amides is 1. The molecule has 0 heterocycles. The fourth-order valence-electron chi connectivity index (χ4n) is 2.08. The Balaban J connectivity index is 2.60. The molecule has 0 aliphatic carbocycles. The molecular weight excluding hydrogens is 256 g/mol. The number of carbonyl (C=O) groups excluding carboxylic acids is 2. The second kappa shape index (κ2) is 6.93. The van der Waals surface area contributed by atoms with Gasteiger partial charge in [0.05, 0.1) is 5.56 Å². The van der Waals surface area contributed by atoms with Gasteiger partial charge in [-0.15, -0.1) is 0 Å². The highest BCUT2D eigenvalue weighted by Gasteiger charge is 2.21. The Bertz CT molecular complexity index is 459. The van der Waals surface area contributed by atoms with Crippen LogP contribution < -0.4 is 5.73 Å². The maximum atomic E-state index is 12.0. The minimum atomic E-state index is -0.522. The van der Waals surface area contributed by atoms with Crippen molar-refractivity contribution in [3.63, 3.8) is 0 Å². The lowest BCUT2D eigenvalue weighted by Crippen LogP contribution is -2.44. The number of hydrogen-bond donors (Lipinski definition) is 1. The average molecular weight is 278 g/mol. The van der Waals surface area contributed by atoms with Gasteiger partial charge in [0, 0.05) is 17.8 Å². The first-order valence-corrected chi connectivity index (χ1v) is 6.66. The predicted molar refractivity (Wildman–Crippen MR) is 78.3 cm³/mol. The number of carbonyl (C=O) groups is 2. The number of anilines is 1. The van der Waals surface area contributed by atoms with Gasteiger partial charge in [0.2, 0.25) is 0 Å². The second-order valence-corrected chi connectivity index (χ2v) is 5.19. The lowest BCUT2D eigenvalue weighted by atomic mass is 10.2. The van der Waals surface area contributed by atoms with Crippen LogP contribution in [-0.4, -0.2) is 35.5 Å². The van der Waals surface area contributed by atoms with Gasteiger partial charge in [-0.05, 0) is 52.0 Å². The molecule has 0 unspecified atom stereocenters. The van der Waals surface area contributed by atoms with E-state index < -0.39 is 5.97 Å². The molecule has 0 aliphatic rings. The van der Waals surface area contributed by atoms with Gasteiger partial charge in [-0.2, -0.15) is 0 Å². The molecule has 1 aromatic carbocycles. The van der Waals surface area contributed by atoms with Gasteiger partial charge in [-0.3, -0.25) is 4.79 Å². The average Bonchev–Trinajstić information content (AvgIpc) is 2.36. The number of nitrogens with zero attached hydrogens (tertiary/aromatic N) is 1. The molecule has 0 radical (unpaired) electrons. The van der Waals surface area contributed by atoms with Crippen molar-refractivity contribution in [3.05, 3.63) is 29.8 Å². The molecule has 0 saturated heterocycles. The highest BCUT2D eigenvalue weighted by molar-refractivity contribution is 5.91. The molecule has 110 valence electrons. The number of esters is 1. The summed E-state index contributed by atoms with van der Waals surface area (Å²) in [6.07, 6.45) is 0. The Labute approximate surface area is 119 Å². The smallest absolute Gasteiger partial charge is 0.338 e. The summed E-state index contributed by atoms with van der Waals surface area (Å²) < 4.78 is 5.04. The number of nitrogen functional groups attached to an aromatic ring is 1. The van der Waals surface area contributed by atoms with E-state index in [1.807, 2.05) is 27.7 Å². The van der Waals surface area contributed by atoms with E-state index in [9.17, 15) is 9.59 Å². The zero-order chi connectivity index (χ0) is 15.3. The number of nitrogens with two attached hydrogens (primary N) is 1. The van der Waals surface area contributed by atoms with Crippen LogP contribution in [-0.2, 0) is 9.53 Å². The van der Waals surface area contributed by atoms with Gasteiger partial charge in [0.15, 0.2) is 6.61 Å². The van der Waals surface area contributed by atoms with Crippen LogP contribution in [0.2, 0.25) is 0 Å². The predicted octanol–water partition coefficient (Wildman–Crippen LogP) is 2.07. The minimum Gasteiger partial charge on any atom is -0.452 e. The van der Waals surface area contributed by atoms with Crippen molar-refractivity contribution in [2.75, 3.05) is 12.3 Å². The van der Waals surface area contributed by atoms with E-state index in [4.69, 9.17) is 10.5 Å². The Morgan fingerprint density at radius 3 is 2.05 bits per heavy atom. The summed E-state index contributed by atoms with van der Waals surface area (Å²) in [5.41, 5.74) is 6.50. The molecule has 1 amide bonds. The van der Waals surface area contributed by atoms with Crippen LogP contribution in [0.15, 0.2) is 24.3 Å². The van der Waals surface area contributed by atoms with Crippen molar-refractivity contribution in [3.8, 4) is 0 Å².